The van der Waals surface area contributed by atoms with Gasteiger partial charge in [-0.1, -0.05) is 18.2 Å². The molecule has 0 aromatic heterocycles. The smallest absolute Gasteiger partial charge is 0.231 e. The van der Waals surface area contributed by atoms with Crippen LogP contribution in [0.4, 0.5) is 0 Å². The SMILES string of the molecule is COc1ccc(CCC2c3ccc(OC)c(OC)c3CN3CCc4cc5c(cc4C23)OCO5)cc1. The summed E-state index contributed by atoms with van der Waals surface area (Å²) in [6.45, 7) is 2.14. The average Bonchev–Trinajstić information content (AvgIpc) is 3.36. The number of rotatable bonds is 6. The number of benzene rings is 3. The van der Waals surface area contributed by atoms with E-state index in [-0.39, 0.29) is 6.04 Å². The summed E-state index contributed by atoms with van der Waals surface area (Å²) in [6.07, 6.45) is 2.99. The molecule has 6 nitrogen and oxygen atoms in total. The van der Waals surface area contributed by atoms with E-state index in [2.05, 4.69) is 41.3 Å². The predicted molar refractivity (Wildman–Crippen MR) is 133 cm³/mol. The molecule has 0 amide bonds. The van der Waals surface area contributed by atoms with Crippen LogP contribution in [0, 0.1) is 0 Å². The lowest BCUT2D eigenvalue weighted by atomic mass is 9.74. The highest BCUT2D eigenvalue weighted by atomic mass is 16.7. The molecule has 0 saturated heterocycles. The van der Waals surface area contributed by atoms with Gasteiger partial charge in [-0.15, -0.1) is 0 Å². The summed E-state index contributed by atoms with van der Waals surface area (Å²) < 4.78 is 28.3. The minimum Gasteiger partial charge on any atom is -0.497 e. The van der Waals surface area contributed by atoms with Gasteiger partial charge >= 0.3 is 0 Å². The second-order valence-corrected chi connectivity index (χ2v) is 9.43. The van der Waals surface area contributed by atoms with Gasteiger partial charge in [-0.05, 0) is 71.8 Å². The first kappa shape index (κ1) is 22.1. The molecule has 0 spiro atoms. The standard InChI is InChI=1S/C29H31NO5/c1-31-20-7-4-18(5-8-20)6-9-22-21-10-11-25(32-2)29(33-3)24(21)16-30-13-12-19-14-26-27(35-17-34-26)15-23(19)28(22)30/h4-5,7-8,10-11,14-15,22,28H,6,9,12-13,16-17H2,1-3H3. The maximum Gasteiger partial charge on any atom is 0.231 e. The molecule has 6 rings (SSSR count). The summed E-state index contributed by atoms with van der Waals surface area (Å²) in [5.41, 5.74) is 6.64. The molecule has 3 aromatic rings. The second-order valence-electron chi connectivity index (χ2n) is 9.43. The zero-order valence-corrected chi connectivity index (χ0v) is 20.5. The number of fused-ring (bicyclic) bond motifs is 5. The molecular formula is C29H31NO5. The number of ether oxygens (including phenoxy) is 5. The molecule has 3 heterocycles. The molecule has 182 valence electrons. The van der Waals surface area contributed by atoms with E-state index < -0.39 is 0 Å². The Morgan fingerprint density at radius 3 is 2.43 bits per heavy atom. The Labute approximate surface area is 206 Å². The Balaban J connectivity index is 1.42. The Morgan fingerprint density at radius 2 is 1.69 bits per heavy atom. The van der Waals surface area contributed by atoms with Gasteiger partial charge in [-0.25, -0.2) is 0 Å². The average molecular weight is 474 g/mol. The van der Waals surface area contributed by atoms with Gasteiger partial charge in [-0.3, -0.25) is 4.90 Å². The van der Waals surface area contributed by atoms with Crippen molar-refractivity contribution in [2.24, 2.45) is 0 Å². The first-order valence-electron chi connectivity index (χ1n) is 12.2. The van der Waals surface area contributed by atoms with Crippen molar-refractivity contribution in [3.05, 3.63) is 76.3 Å². The first-order valence-corrected chi connectivity index (χ1v) is 12.2. The van der Waals surface area contributed by atoms with Crippen LogP contribution in [0.3, 0.4) is 0 Å². The second kappa shape index (κ2) is 9.00. The first-order chi connectivity index (χ1) is 17.2. The van der Waals surface area contributed by atoms with Gasteiger partial charge in [0, 0.05) is 30.6 Å². The van der Waals surface area contributed by atoms with Gasteiger partial charge in [0.15, 0.2) is 23.0 Å². The Hall–Kier alpha value is -3.38. The molecular weight excluding hydrogens is 442 g/mol. The third-order valence-corrected chi connectivity index (χ3v) is 7.74. The normalized spacial score (nSPS) is 20.0. The predicted octanol–water partition coefficient (Wildman–Crippen LogP) is 5.27. The van der Waals surface area contributed by atoms with Crippen LogP contribution < -0.4 is 23.7 Å². The third-order valence-electron chi connectivity index (χ3n) is 7.74. The number of hydrogen-bond donors (Lipinski definition) is 0. The van der Waals surface area contributed by atoms with Crippen molar-refractivity contribution in [3.63, 3.8) is 0 Å². The highest BCUT2D eigenvalue weighted by Gasteiger charge is 2.41. The quantitative estimate of drug-likeness (QED) is 0.486. The van der Waals surface area contributed by atoms with Crippen LogP contribution in [0.1, 0.15) is 46.2 Å². The zero-order chi connectivity index (χ0) is 23.9. The molecule has 2 atom stereocenters. The fourth-order valence-electron chi connectivity index (χ4n) is 6.06. The Morgan fingerprint density at radius 1 is 0.886 bits per heavy atom. The highest BCUT2D eigenvalue weighted by Crippen LogP contribution is 2.53. The zero-order valence-electron chi connectivity index (χ0n) is 20.5. The molecule has 0 radical (unpaired) electrons. The van der Waals surface area contributed by atoms with Gasteiger partial charge in [0.25, 0.3) is 0 Å². The maximum atomic E-state index is 5.88. The highest BCUT2D eigenvalue weighted by molar-refractivity contribution is 5.56. The molecule has 3 aromatic carbocycles. The lowest BCUT2D eigenvalue weighted by Gasteiger charge is -2.46. The lowest BCUT2D eigenvalue weighted by Crippen LogP contribution is -2.42. The van der Waals surface area contributed by atoms with E-state index in [1.54, 1.807) is 21.3 Å². The Kier molecular flexibility index (Phi) is 5.69. The van der Waals surface area contributed by atoms with Crippen LogP contribution in [0.25, 0.3) is 0 Å². The maximum absolute atomic E-state index is 5.88. The number of aryl methyl sites for hydroxylation is 1. The van der Waals surface area contributed by atoms with Gasteiger partial charge in [0.1, 0.15) is 5.75 Å². The van der Waals surface area contributed by atoms with Crippen molar-refractivity contribution in [1.82, 2.24) is 4.90 Å². The van der Waals surface area contributed by atoms with E-state index in [0.717, 1.165) is 61.1 Å². The molecule has 0 N–H and O–H groups in total. The van der Waals surface area contributed by atoms with E-state index in [1.165, 1.54) is 27.8 Å². The van der Waals surface area contributed by atoms with E-state index in [0.29, 0.717) is 12.7 Å². The third kappa shape index (κ3) is 3.76. The van der Waals surface area contributed by atoms with Crippen LogP contribution in [0.5, 0.6) is 28.7 Å². The van der Waals surface area contributed by atoms with Crippen LogP contribution in [0.2, 0.25) is 0 Å². The summed E-state index contributed by atoms with van der Waals surface area (Å²) in [5.74, 6) is 4.57. The lowest BCUT2D eigenvalue weighted by molar-refractivity contribution is 0.127. The van der Waals surface area contributed by atoms with E-state index in [1.807, 2.05) is 12.1 Å². The van der Waals surface area contributed by atoms with Crippen LogP contribution >= 0.6 is 0 Å². The summed E-state index contributed by atoms with van der Waals surface area (Å²) in [4.78, 5) is 2.60. The molecule has 0 aliphatic carbocycles. The van der Waals surface area contributed by atoms with Crippen LogP contribution in [-0.4, -0.2) is 39.6 Å². The van der Waals surface area contributed by atoms with Crippen molar-refractivity contribution < 1.29 is 23.7 Å². The summed E-state index contributed by atoms with van der Waals surface area (Å²) >= 11 is 0. The van der Waals surface area contributed by atoms with E-state index >= 15 is 0 Å². The Bertz CT molecular complexity index is 1240. The summed E-state index contributed by atoms with van der Waals surface area (Å²) in [6, 6.07) is 17.4. The van der Waals surface area contributed by atoms with E-state index in [4.69, 9.17) is 23.7 Å². The van der Waals surface area contributed by atoms with Crippen molar-refractivity contribution in [3.8, 4) is 28.7 Å². The van der Waals surface area contributed by atoms with Gasteiger partial charge in [-0.2, -0.15) is 0 Å². The minimum atomic E-state index is 0.275. The fraction of sp³-hybridized carbons (Fsp3) is 0.379. The molecule has 0 fully saturated rings. The van der Waals surface area contributed by atoms with Crippen molar-refractivity contribution >= 4 is 0 Å². The number of nitrogens with zero attached hydrogens (tertiary/aromatic N) is 1. The fourth-order valence-corrected chi connectivity index (χ4v) is 6.06. The van der Waals surface area contributed by atoms with Gasteiger partial charge < -0.3 is 23.7 Å². The largest absolute Gasteiger partial charge is 0.497 e. The molecule has 3 aliphatic rings. The van der Waals surface area contributed by atoms with Crippen molar-refractivity contribution in [2.75, 3.05) is 34.7 Å². The van der Waals surface area contributed by atoms with Gasteiger partial charge in [0.2, 0.25) is 6.79 Å². The number of methoxy groups -OCH3 is 3. The molecule has 0 saturated carbocycles. The summed E-state index contributed by atoms with van der Waals surface area (Å²) in [5, 5.41) is 0. The molecule has 3 aliphatic heterocycles. The monoisotopic (exact) mass is 473 g/mol. The topological polar surface area (TPSA) is 49.4 Å². The molecule has 2 unspecified atom stereocenters. The molecule has 0 bridgehead atoms. The van der Waals surface area contributed by atoms with E-state index in [9.17, 15) is 0 Å². The summed E-state index contributed by atoms with van der Waals surface area (Å²) in [7, 11) is 5.15. The molecule has 35 heavy (non-hydrogen) atoms. The molecule has 6 heteroatoms. The number of hydrogen-bond acceptors (Lipinski definition) is 6. The van der Waals surface area contributed by atoms with Crippen molar-refractivity contribution in [2.45, 2.75) is 37.8 Å². The minimum absolute atomic E-state index is 0.275. The van der Waals surface area contributed by atoms with Crippen LogP contribution in [0.15, 0.2) is 48.5 Å². The van der Waals surface area contributed by atoms with Gasteiger partial charge in [0.05, 0.1) is 21.3 Å². The van der Waals surface area contributed by atoms with Crippen LogP contribution in [-0.2, 0) is 19.4 Å². The van der Waals surface area contributed by atoms with Crippen molar-refractivity contribution in [1.29, 1.82) is 0 Å².